The first-order valence-corrected chi connectivity index (χ1v) is 10.5. The van der Waals surface area contributed by atoms with Crippen molar-refractivity contribution in [3.8, 4) is 5.75 Å². The smallest absolute Gasteiger partial charge is 0.231 e. The van der Waals surface area contributed by atoms with Crippen LogP contribution in [0.25, 0.3) is 0 Å². The SMILES string of the molecule is CCCCC(=O)N1c2ncnn2[C@H](c2ccc(OC)cc2)C[C@H]1c1ccc(C)cc1. The van der Waals surface area contributed by atoms with Gasteiger partial charge in [0.25, 0.3) is 0 Å². The van der Waals surface area contributed by atoms with Gasteiger partial charge in [0.05, 0.1) is 19.2 Å². The monoisotopic (exact) mass is 404 g/mol. The van der Waals surface area contributed by atoms with Crippen molar-refractivity contribution < 1.29 is 9.53 Å². The Morgan fingerprint density at radius 1 is 1.07 bits per heavy atom. The molecule has 0 N–H and O–H groups in total. The van der Waals surface area contributed by atoms with Crippen LogP contribution in [0.3, 0.4) is 0 Å². The molecule has 1 amide bonds. The molecule has 0 radical (unpaired) electrons. The molecule has 1 aromatic heterocycles. The number of benzene rings is 2. The molecule has 2 aromatic carbocycles. The number of unbranched alkanes of at least 4 members (excludes halogenated alkanes) is 1. The minimum absolute atomic E-state index is 0.00469. The van der Waals surface area contributed by atoms with Gasteiger partial charge in [-0.3, -0.25) is 9.69 Å². The summed E-state index contributed by atoms with van der Waals surface area (Å²) in [5.74, 6) is 1.54. The topological polar surface area (TPSA) is 60.2 Å². The molecular weight excluding hydrogens is 376 g/mol. The molecule has 30 heavy (non-hydrogen) atoms. The third-order valence-corrected chi connectivity index (χ3v) is 5.80. The molecule has 0 spiro atoms. The molecule has 0 saturated carbocycles. The van der Waals surface area contributed by atoms with E-state index in [2.05, 4.69) is 60.3 Å². The maximum atomic E-state index is 13.2. The van der Waals surface area contributed by atoms with E-state index in [4.69, 9.17) is 4.74 Å². The molecule has 0 fully saturated rings. The number of carbonyl (C=O) groups is 1. The molecule has 4 rings (SSSR count). The number of ether oxygens (including phenoxy) is 1. The lowest BCUT2D eigenvalue weighted by molar-refractivity contribution is -0.119. The molecule has 0 saturated heterocycles. The van der Waals surface area contributed by atoms with E-state index >= 15 is 0 Å². The van der Waals surface area contributed by atoms with Crippen molar-refractivity contribution in [1.82, 2.24) is 14.8 Å². The number of carbonyl (C=O) groups excluding carboxylic acids is 1. The highest BCUT2D eigenvalue weighted by Gasteiger charge is 2.39. The highest BCUT2D eigenvalue weighted by molar-refractivity contribution is 5.92. The summed E-state index contributed by atoms with van der Waals surface area (Å²) in [7, 11) is 1.67. The Morgan fingerprint density at radius 3 is 2.40 bits per heavy atom. The molecule has 0 bridgehead atoms. The van der Waals surface area contributed by atoms with Crippen LogP contribution in [0.1, 0.15) is 61.4 Å². The average Bonchev–Trinajstić information content (AvgIpc) is 3.26. The predicted octanol–water partition coefficient (Wildman–Crippen LogP) is 4.85. The minimum atomic E-state index is -0.0845. The van der Waals surface area contributed by atoms with Crippen LogP contribution >= 0.6 is 0 Å². The van der Waals surface area contributed by atoms with Crippen molar-refractivity contribution in [2.24, 2.45) is 0 Å². The second kappa shape index (κ2) is 8.69. The first-order chi connectivity index (χ1) is 14.6. The standard InChI is InChI=1S/C24H28N4O2/c1-4-5-6-23(29)27-21(18-9-7-17(2)8-10-18)15-22(28-24(27)25-16-26-28)19-11-13-20(30-3)14-12-19/h7-14,16,21-22H,4-6,15H2,1-3H3/t21-,22-/m0/s1. The number of fused-ring (bicyclic) bond motifs is 1. The number of rotatable bonds is 6. The highest BCUT2D eigenvalue weighted by atomic mass is 16.5. The van der Waals surface area contributed by atoms with Crippen LogP contribution in [0.2, 0.25) is 0 Å². The summed E-state index contributed by atoms with van der Waals surface area (Å²) in [5, 5.41) is 4.49. The molecule has 156 valence electrons. The Balaban J connectivity index is 1.77. The van der Waals surface area contributed by atoms with E-state index in [0.717, 1.165) is 36.1 Å². The summed E-state index contributed by atoms with van der Waals surface area (Å²) in [6, 6.07) is 16.4. The molecule has 6 heteroatoms. The zero-order valence-electron chi connectivity index (χ0n) is 17.8. The summed E-state index contributed by atoms with van der Waals surface area (Å²) in [6.45, 7) is 4.18. The van der Waals surface area contributed by atoms with Gasteiger partial charge in [0, 0.05) is 6.42 Å². The first-order valence-electron chi connectivity index (χ1n) is 10.5. The number of amides is 1. The van der Waals surface area contributed by atoms with Gasteiger partial charge in [0.15, 0.2) is 0 Å². The summed E-state index contributed by atoms with van der Waals surface area (Å²) in [5.41, 5.74) is 3.45. The molecule has 2 atom stereocenters. The fraction of sp³-hybridized carbons (Fsp3) is 0.375. The van der Waals surface area contributed by atoms with Crippen LogP contribution in [0, 0.1) is 6.92 Å². The van der Waals surface area contributed by atoms with Crippen molar-refractivity contribution in [3.05, 3.63) is 71.5 Å². The Kier molecular flexibility index (Phi) is 5.84. The maximum Gasteiger partial charge on any atom is 0.231 e. The van der Waals surface area contributed by atoms with Crippen molar-refractivity contribution in [2.75, 3.05) is 12.0 Å². The summed E-state index contributed by atoms with van der Waals surface area (Å²) in [4.78, 5) is 19.6. The Labute approximate surface area is 177 Å². The third kappa shape index (κ3) is 3.82. The van der Waals surface area contributed by atoms with Crippen LogP contribution in [0.4, 0.5) is 5.95 Å². The van der Waals surface area contributed by atoms with Crippen LogP contribution in [-0.4, -0.2) is 27.8 Å². The van der Waals surface area contributed by atoms with Crippen molar-refractivity contribution in [2.45, 2.75) is 51.6 Å². The van der Waals surface area contributed by atoms with Crippen molar-refractivity contribution in [1.29, 1.82) is 0 Å². The second-order valence-electron chi connectivity index (χ2n) is 7.82. The fourth-order valence-corrected chi connectivity index (χ4v) is 4.10. The minimum Gasteiger partial charge on any atom is -0.497 e. The van der Waals surface area contributed by atoms with Gasteiger partial charge < -0.3 is 4.74 Å². The number of nitrogens with zero attached hydrogens (tertiary/aromatic N) is 4. The lowest BCUT2D eigenvalue weighted by atomic mass is 9.91. The molecule has 3 aromatic rings. The average molecular weight is 405 g/mol. The molecular formula is C24H28N4O2. The van der Waals surface area contributed by atoms with Crippen LogP contribution in [-0.2, 0) is 4.79 Å². The number of anilines is 1. The van der Waals surface area contributed by atoms with Crippen LogP contribution in [0.5, 0.6) is 5.75 Å². The van der Waals surface area contributed by atoms with Crippen molar-refractivity contribution >= 4 is 11.9 Å². The predicted molar refractivity (Wildman–Crippen MR) is 117 cm³/mol. The third-order valence-electron chi connectivity index (χ3n) is 5.80. The lowest BCUT2D eigenvalue weighted by Crippen LogP contribution is -2.42. The molecule has 0 aliphatic carbocycles. The Bertz CT molecular complexity index is 995. The van der Waals surface area contributed by atoms with E-state index in [1.54, 1.807) is 13.4 Å². The zero-order chi connectivity index (χ0) is 21.1. The van der Waals surface area contributed by atoms with Gasteiger partial charge in [-0.1, -0.05) is 55.3 Å². The van der Waals surface area contributed by atoms with Gasteiger partial charge in [-0.05, 0) is 43.0 Å². The van der Waals surface area contributed by atoms with E-state index in [-0.39, 0.29) is 18.0 Å². The number of methoxy groups -OCH3 is 1. The Hall–Kier alpha value is -3.15. The summed E-state index contributed by atoms with van der Waals surface area (Å²) < 4.78 is 7.20. The van der Waals surface area contributed by atoms with Crippen LogP contribution < -0.4 is 9.64 Å². The van der Waals surface area contributed by atoms with E-state index in [0.29, 0.717) is 12.4 Å². The summed E-state index contributed by atoms with van der Waals surface area (Å²) >= 11 is 0. The van der Waals surface area contributed by atoms with Crippen LogP contribution in [0.15, 0.2) is 54.9 Å². The second-order valence-corrected chi connectivity index (χ2v) is 7.82. The zero-order valence-corrected chi connectivity index (χ0v) is 17.8. The number of hydrogen-bond donors (Lipinski definition) is 0. The van der Waals surface area contributed by atoms with Crippen molar-refractivity contribution in [3.63, 3.8) is 0 Å². The highest BCUT2D eigenvalue weighted by Crippen LogP contribution is 2.42. The molecule has 0 unspecified atom stereocenters. The van der Waals surface area contributed by atoms with E-state index < -0.39 is 0 Å². The normalized spacial score (nSPS) is 18.2. The Morgan fingerprint density at radius 2 is 1.73 bits per heavy atom. The lowest BCUT2D eigenvalue weighted by Gasteiger charge is -2.39. The van der Waals surface area contributed by atoms with E-state index in [1.807, 2.05) is 21.7 Å². The van der Waals surface area contributed by atoms with E-state index in [9.17, 15) is 4.79 Å². The number of hydrogen-bond acceptors (Lipinski definition) is 4. The number of aromatic nitrogens is 3. The van der Waals surface area contributed by atoms with E-state index in [1.165, 1.54) is 5.56 Å². The molecule has 6 nitrogen and oxygen atoms in total. The summed E-state index contributed by atoms with van der Waals surface area (Å²) in [6.07, 6.45) is 4.65. The molecule has 1 aliphatic rings. The van der Waals surface area contributed by atoms with Gasteiger partial charge >= 0.3 is 0 Å². The first kappa shape index (κ1) is 20.1. The van der Waals surface area contributed by atoms with Gasteiger partial charge in [-0.15, -0.1) is 0 Å². The van der Waals surface area contributed by atoms with Gasteiger partial charge in [0.2, 0.25) is 11.9 Å². The van der Waals surface area contributed by atoms with Gasteiger partial charge in [-0.2, -0.15) is 10.1 Å². The largest absolute Gasteiger partial charge is 0.497 e. The maximum absolute atomic E-state index is 13.2. The quantitative estimate of drug-likeness (QED) is 0.589. The molecule has 2 heterocycles. The fourth-order valence-electron chi connectivity index (χ4n) is 4.10. The van der Waals surface area contributed by atoms with Gasteiger partial charge in [-0.25, -0.2) is 4.68 Å². The molecule has 1 aliphatic heterocycles. The number of aryl methyl sites for hydroxylation is 1. The van der Waals surface area contributed by atoms with Gasteiger partial charge in [0.1, 0.15) is 12.1 Å².